The van der Waals surface area contributed by atoms with Crippen LogP contribution in [0.25, 0.3) is 50.0 Å². The SMILES string of the molecule is CCn1ncc2cc(-c3ccn4[nH]c(=O)c(-c5noc6ccccc56)c4n3)ccc21. The molecule has 8 heteroatoms. The number of nitrogens with one attached hydrogen (secondary N) is 1. The van der Waals surface area contributed by atoms with E-state index in [1.807, 2.05) is 53.3 Å². The Bertz CT molecular complexity index is 1620. The Kier molecular flexibility index (Phi) is 3.43. The van der Waals surface area contributed by atoms with Gasteiger partial charge in [0, 0.05) is 23.7 Å². The number of H-pyrrole nitrogens is 1. The molecule has 0 saturated carbocycles. The number of nitrogens with zero attached hydrogens (tertiary/aromatic N) is 5. The third kappa shape index (κ3) is 2.33. The van der Waals surface area contributed by atoms with Crippen molar-refractivity contribution in [3.63, 3.8) is 0 Å². The van der Waals surface area contributed by atoms with Crippen LogP contribution in [0.1, 0.15) is 6.92 Å². The Hall–Kier alpha value is -4.20. The fourth-order valence-corrected chi connectivity index (χ4v) is 3.89. The van der Waals surface area contributed by atoms with Crippen molar-refractivity contribution in [2.75, 3.05) is 0 Å². The molecule has 0 unspecified atom stereocenters. The molecule has 1 N–H and O–H groups in total. The molecule has 6 rings (SSSR count). The van der Waals surface area contributed by atoms with Gasteiger partial charge in [0.2, 0.25) is 0 Å². The van der Waals surface area contributed by atoms with Gasteiger partial charge in [0.15, 0.2) is 11.2 Å². The predicted octanol–water partition coefficient (Wildman–Crippen LogP) is 3.87. The maximum absolute atomic E-state index is 12.7. The molecule has 4 aromatic heterocycles. The first kappa shape index (κ1) is 16.7. The van der Waals surface area contributed by atoms with Crippen LogP contribution in [0.5, 0.6) is 0 Å². The van der Waals surface area contributed by atoms with E-state index in [0.29, 0.717) is 22.5 Å². The maximum atomic E-state index is 12.7. The summed E-state index contributed by atoms with van der Waals surface area (Å²) in [6, 6.07) is 15.5. The molecule has 0 atom stereocenters. The third-order valence-electron chi connectivity index (χ3n) is 5.36. The van der Waals surface area contributed by atoms with Gasteiger partial charge in [0.25, 0.3) is 5.56 Å². The van der Waals surface area contributed by atoms with Crippen molar-refractivity contribution in [3.8, 4) is 22.5 Å². The van der Waals surface area contributed by atoms with Gasteiger partial charge in [-0.3, -0.25) is 14.6 Å². The highest BCUT2D eigenvalue weighted by Crippen LogP contribution is 2.29. The van der Waals surface area contributed by atoms with Gasteiger partial charge in [-0.25, -0.2) is 9.50 Å². The van der Waals surface area contributed by atoms with E-state index >= 15 is 0 Å². The first-order valence-corrected chi connectivity index (χ1v) is 9.65. The van der Waals surface area contributed by atoms with Crippen LogP contribution in [0.4, 0.5) is 0 Å². The van der Waals surface area contributed by atoms with Gasteiger partial charge >= 0.3 is 0 Å². The van der Waals surface area contributed by atoms with Crippen LogP contribution in [-0.4, -0.2) is 29.5 Å². The summed E-state index contributed by atoms with van der Waals surface area (Å²) in [7, 11) is 0. The topological polar surface area (TPSA) is 94.0 Å². The fourth-order valence-electron chi connectivity index (χ4n) is 3.89. The largest absolute Gasteiger partial charge is 0.356 e. The van der Waals surface area contributed by atoms with E-state index in [0.717, 1.165) is 34.1 Å². The van der Waals surface area contributed by atoms with Crippen molar-refractivity contribution >= 4 is 27.5 Å². The predicted molar refractivity (Wildman–Crippen MR) is 113 cm³/mol. The highest BCUT2D eigenvalue weighted by molar-refractivity contribution is 5.95. The summed E-state index contributed by atoms with van der Waals surface area (Å²) in [5.74, 6) is 0. The Labute approximate surface area is 169 Å². The van der Waals surface area contributed by atoms with Crippen LogP contribution in [0.3, 0.4) is 0 Å². The Balaban J connectivity index is 1.56. The molecule has 0 radical (unpaired) electrons. The number of rotatable bonds is 3. The molecule has 0 bridgehead atoms. The summed E-state index contributed by atoms with van der Waals surface area (Å²) >= 11 is 0. The normalized spacial score (nSPS) is 11.8. The summed E-state index contributed by atoms with van der Waals surface area (Å²) < 4.78 is 8.97. The molecular weight excluding hydrogens is 380 g/mol. The lowest BCUT2D eigenvalue weighted by atomic mass is 10.1. The molecule has 0 aliphatic rings. The molecule has 0 saturated heterocycles. The van der Waals surface area contributed by atoms with Crippen LogP contribution >= 0.6 is 0 Å². The molecule has 6 aromatic rings. The van der Waals surface area contributed by atoms with Gasteiger partial charge in [0.1, 0.15) is 11.3 Å². The molecule has 4 heterocycles. The van der Waals surface area contributed by atoms with Crippen molar-refractivity contribution in [2.24, 2.45) is 0 Å². The third-order valence-corrected chi connectivity index (χ3v) is 5.36. The first-order valence-electron chi connectivity index (χ1n) is 9.65. The molecule has 0 spiro atoms. The van der Waals surface area contributed by atoms with E-state index in [1.165, 1.54) is 0 Å². The lowest BCUT2D eigenvalue weighted by Gasteiger charge is -2.04. The maximum Gasteiger partial charge on any atom is 0.276 e. The van der Waals surface area contributed by atoms with Crippen molar-refractivity contribution in [2.45, 2.75) is 13.5 Å². The number of hydrogen-bond acceptors (Lipinski definition) is 5. The minimum absolute atomic E-state index is 0.265. The summed E-state index contributed by atoms with van der Waals surface area (Å²) in [6.07, 6.45) is 3.65. The number of fused-ring (bicyclic) bond motifs is 3. The molecule has 0 amide bonds. The second-order valence-corrected chi connectivity index (χ2v) is 7.08. The Morgan fingerprint density at radius 3 is 2.93 bits per heavy atom. The van der Waals surface area contributed by atoms with E-state index in [4.69, 9.17) is 9.51 Å². The summed E-state index contributed by atoms with van der Waals surface area (Å²) in [6.45, 7) is 2.88. The Morgan fingerprint density at radius 2 is 2.03 bits per heavy atom. The molecule has 0 fully saturated rings. The number of hydrogen-bond donors (Lipinski definition) is 1. The minimum atomic E-state index is -0.265. The zero-order valence-electron chi connectivity index (χ0n) is 16.0. The van der Waals surface area contributed by atoms with Crippen molar-refractivity contribution < 1.29 is 4.52 Å². The zero-order chi connectivity index (χ0) is 20.2. The van der Waals surface area contributed by atoms with Crippen LogP contribution < -0.4 is 5.56 Å². The van der Waals surface area contributed by atoms with E-state index < -0.39 is 0 Å². The lowest BCUT2D eigenvalue weighted by Crippen LogP contribution is -2.02. The van der Waals surface area contributed by atoms with Gasteiger partial charge in [0.05, 0.1) is 22.8 Å². The van der Waals surface area contributed by atoms with Crippen LogP contribution in [0, 0.1) is 0 Å². The number of aromatic amines is 1. The van der Waals surface area contributed by atoms with E-state index in [2.05, 4.69) is 28.3 Å². The second-order valence-electron chi connectivity index (χ2n) is 7.08. The summed E-state index contributed by atoms with van der Waals surface area (Å²) in [5.41, 5.74) is 4.52. The lowest BCUT2D eigenvalue weighted by molar-refractivity contribution is 0.459. The van der Waals surface area contributed by atoms with Crippen LogP contribution in [0.2, 0.25) is 0 Å². The molecule has 2 aromatic carbocycles. The average Bonchev–Trinajstić information content (AvgIpc) is 3.46. The first-order chi connectivity index (χ1) is 14.7. The number of para-hydroxylation sites is 1. The number of aromatic nitrogens is 6. The minimum Gasteiger partial charge on any atom is -0.356 e. The molecular formula is C22H16N6O2. The van der Waals surface area contributed by atoms with E-state index in [9.17, 15) is 4.79 Å². The smallest absolute Gasteiger partial charge is 0.276 e. The molecule has 8 nitrogen and oxygen atoms in total. The second kappa shape index (κ2) is 6.15. The van der Waals surface area contributed by atoms with Crippen molar-refractivity contribution in [3.05, 3.63) is 71.3 Å². The van der Waals surface area contributed by atoms with E-state index in [-0.39, 0.29) is 5.56 Å². The number of benzene rings is 2. The number of aryl methyl sites for hydroxylation is 1. The van der Waals surface area contributed by atoms with Crippen LogP contribution in [-0.2, 0) is 6.54 Å². The summed E-state index contributed by atoms with van der Waals surface area (Å²) in [4.78, 5) is 17.5. The highest BCUT2D eigenvalue weighted by atomic mass is 16.5. The van der Waals surface area contributed by atoms with E-state index in [1.54, 1.807) is 10.7 Å². The average molecular weight is 396 g/mol. The summed E-state index contributed by atoms with van der Waals surface area (Å²) in [5, 5.41) is 13.2. The fraction of sp³-hybridized carbons (Fsp3) is 0.0909. The molecule has 30 heavy (non-hydrogen) atoms. The van der Waals surface area contributed by atoms with Gasteiger partial charge < -0.3 is 4.52 Å². The van der Waals surface area contributed by atoms with Gasteiger partial charge in [-0.2, -0.15) is 5.10 Å². The van der Waals surface area contributed by atoms with Gasteiger partial charge in [-0.1, -0.05) is 23.4 Å². The molecule has 0 aliphatic carbocycles. The monoisotopic (exact) mass is 396 g/mol. The van der Waals surface area contributed by atoms with Crippen molar-refractivity contribution in [1.82, 2.24) is 29.5 Å². The van der Waals surface area contributed by atoms with Crippen molar-refractivity contribution in [1.29, 1.82) is 0 Å². The Morgan fingerprint density at radius 1 is 1.13 bits per heavy atom. The van der Waals surface area contributed by atoms with Crippen LogP contribution in [0.15, 0.2) is 70.2 Å². The highest BCUT2D eigenvalue weighted by Gasteiger charge is 2.20. The standard InChI is InChI=1S/C22H16N6O2/c1-2-27-17-8-7-13(11-14(17)12-23-27)16-9-10-28-21(24-16)19(22(29)25-28)20-15-5-3-4-6-18(15)30-26-20/h3-12H,2H2,1H3,(H,25,29). The molecule has 0 aliphatic heterocycles. The van der Waals surface area contributed by atoms with Gasteiger partial charge in [-0.05, 0) is 37.3 Å². The van der Waals surface area contributed by atoms with Gasteiger partial charge in [-0.15, -0.1) is 0 Å². The zero-order valence-corrected chi connectivity index (χ0v) is 16.0. The molecule has 146 valence electrons. The quantitative estimate of drug-likeness (QED) is 0.490.